The first-order valence-electron chi connectivity index (χ1n) is 7.11. The van der Waals surface area contributed by atoms with Crippen LogP contribution in [-0.4, -0.2) is 42.0 Å². The molecule has 0 bridgehead atoms. The summed E-state index contributed by atoms with van der Waals surface area (Å²) in [4.78, 5) is 14.1. The van der Waals surface area contributed by atoms with E-state index < -0.39 is 0 Å². The van der Waals surface area contributed by atoms with Gasteiger partial charge in [-0.05, 0) is 30.7 Å². The van der Waals surface area contributed by atoms with Crippen molar-refractivity contribution in [1.29, 1.82) is 0 Å². The van der Waals surface area contributed by atoms with Gasteiger partial charge in [0.2, 0.25) is 5.91 Å². The van der Waals surface area contributed by atoms with Gasteiger partial charge in [0, 0.05) is 25.3 Å². The van der Waals surface area contributed by atoms with Crippen LogP contribution in [0, 0.1) is 0 Å². The fraction of sp³-hybridized carbons (Fsp3) is 0.533. The number of benzene rings is 1. The Morgan fingerprint density at radius 1 is 1.29 bits per heavy atom. The van der Waals surface area contributed by atoms with Crippen molar-refractivity contribution in [2.45, 2.75) is 19.3 Å². The molecule has 0 N–H and O–H groups in total. The molecule has 1 fully saturated rings. The Kier molecular flexibility index (Phi) is 7.00. The second-order valence-corrected chi connectivity index (χ2v) is 6.86. The zero-order valence-corrected chi connectivity index (χ0v) is 14.1. The van der Waals surface area contributed by atoms with Crippen molar-refractivity contribution in [2.24, 2.45) is 0 Å². The minimum atomic E-state index is 0.221. The molecule has 0 atom stereocenters. The van der Waals surface area contributed by atoms with E-state index in [2.05, 4.69) is 0 Å². The summed E-state index contributed by atoms with van der Waals surface area (Å²) in [7, 11) is 0. The van der Waals surface area contributed by atoms with E-state index in [1.807, 2.05) is 16.7 Å². The summed E-state index contributed by atoms with van der Waals surface area (Å²) >= 11 is 13.9. The van der Waals surface area contributed by atoms with Crippen LogP contribution in [-0.2, 0) is 4.79 Å². The molecule has 1 saturated heterocycles. The Hall–Kier alpha value is -0.580. The topological polar surface area (TPSA) is 29.5 Å². The molecule has 116 valence electrons. The lowest BCUT2D eigenvalue weighted by Crippen LogP contribution is -2.32. The number of carbonyl (C=O) groups excluding carboxylic acids is 1. The third-order valence-corrected chi connectivity index (χ3v) is 5.13. The van der Waals surface area contributed by atoms with Crippen LogP contribution >= 0.6 is 35.0 Å². The molecule has 0 aliphatic carbocycles. The molecule has 0 saturated carbocycles. The molecule has 0 aromatic heterocycles. The number of thioether (sulfide) groups is 1. The maximum atomic E-state index is 12.1. The minimum Gasteiger partial charge on any atom is -0.492 e. The minimum absolute atomic E-state index is 0.221. The average Bonchev–Trinajstić information content (AvgIpc) is 2.76. The van der Waals surface area contributed by atoms with Gasteiger partial charge in [-0.15, -0.1) is 0 Å². The Balaban J connectivity index is 1.71. The monoisotopic (exact) mass is 347 g/mol. The normalized spacial score (nSPS) is 15.6. The van der Waals surface area contributed by atoms with Crippen molar-refractivity contribution in [1.82, 2.24) is 4.90 Å². The Morgan fingerprint density at radius 2 is 2.14 bits per heavy atom. The van der Waals surface area contributed by atoms with Gasteiger partial charge in [0.1, 0.15) is 10.8 Å². The lowest BCUT2D eigenvalue weighted by Gasteiger charge is -2.19. The molecule has 0 radical (unpaired) electrons. The van der Waals surface area contributed by atoms with Crippen molar-refractivity contribution in [3.05, 3.63) is 28.2 Å². The predicted molar refractivity (Wildman–Crippen MR) is 89.7 cm³/mol. The van der Waals surface area contributed by atoms with Crippen molar-refractivity contribution < 1.29 is 9.53 Å². The number of hydrogen-bond acceptors (Lipinski definition) is 3. The van der Waals surface area contributed by atoms with Gasteiger partial charge in [-0.3, -0.25) is 4.79 Å². The highest BCUT2D eigenvalue weighted by atomic mass is 35.5. The molecule has 1 heterocycles. The first-order chi connectivity index (χ1) is 10.2. The maximum absolute atomic E-state index is 12.1. The van der Waals surface area contributed by atoms with Gasteiger partial charge in [0.05, 0.1) is 11.6 Å². The quantitative estimate of drug-likeness (QED) is 0.750. The third kappa shape index (κ3) is 5.28. The second kappa shape index (κ2) is 8.76. The molecular formula is C15H19Cl2NO2S. The first-order valence-corrected chi connectivity index (χ1v) is 9.02. The first kappa shape index (κ1) is 16.8. The molecule has 1 aliphatic rings. The van der Waals surface area contributed by atoms with E-state index in [0.29, 0.717) is 35.2 Å². The number of ether oxygens (including phenoxy) is 1. The number of nitrogens with zero attached hydrogens (tertiary/aromatic N) is 1. The van der Waals surface area contributed by atoms with Crippen LogP contribution in [0.1, 0.15) is 19.3 Å². The highest BCUT2D eigenvalue weighted by molar-refractivity contribution is 7.99. The van der Waals surface area contributed by atoms with Gasteiger partial charge in [-0.25, -0.2) is 0 Å². The summed E-state index contributed by atoms with van der Waals surface area (Å²) < 4.78 is 5.59. The van der Waals surface area contributed by atoms with Gasteiger partial charge in [-0.2, -0.15) is 11.8 Å². The SMILES string of the molecule is O=C(CCCOc1cccc(Cl)c1Cl)N1CCCSCC1. The molecule has 3 nitrogen and oxygen atoms in total. The standard InChI is InChI=1S/C15H19Cl2NO2S/c16-12-4-1-5-13(15(12)17)20-9-2-6-14(19)18-7-3-10-21-11-8-18/h1,4-5H,2-3,6-11H2. The van der Waals surface area contributed by atoms with Crippen molar-refractivity contribution >= 4 is 40.9 Å². The van der Waals surface area contributed by atoms with Crippen LogP contribution in [0.4, 0.5) is 0 Å². The molecule has 0 unspecified atom stereocenters. The molecular weight excluding hydrogens is 329 g/mol. The lowest BCUT2D eigenvalue weighted by molar-refractivity contribution is -0.131. The summed E-state index contributed by atoms with van der Waals surface area (Å²) in [6, 6.07) is 5.29. The fourth-order valence-electron chi connectivity index (χ4n) is 2.15. The molecule has 1 aromatic rings. The van der Waals surface area contributed by atoms with Crippen LogP contribution in [0.25, 0.3) is 0 Å². The number of halogens is 2. The van der Waals surface area contributed by atoms with Crippen molar-refractivity contribution in [3.8, 4) is 5.75 Å². The highest BCUT2D eigenvalue weighted by Gasteiger charge is 2.15. The van der Waals surface area contributed by atoms with Crippen LogP contribution in [0.5, 0.6) is 5.75 Å². The molecule has 1 aliphatic heterocycles. The Bertz CT molecular complexity index is 477. The van der Waals surface area contributed by atoms with Crippen LogP contribution in [0.3, 0.4) is 0 Å². The number of rotatable bonds is 5. The predicted octanol–water partition coefficient (Wildman–Crippen LogP) is 4.12. The number of amides is 1. The molecule has 1 amide bonds. The van der Waals surface area contributed by atoms with Gasteiger partial charge in [-0.1, -0.05) is 29.3 Å². The summed E-state index contributed by atoms with van der Waals surface area (Å²) in [5, 5.41) is 0.905. The van der Waals surface area contributed by atoms with Gasteiger partial charge < -0.3 is 9.64 Å². The van der Waals surface area contributed by atoms with E-state index in [0.717, 1.165) is 31.0 Å². The maximum Gasteiger partial charge on any atom is 0.222 e. The summed E-state index contributed by atoms with van der Waals surface area (Å²) in [5.74, 6) is 2.99. The van der Waals surface area contributed by atoms with E-state index in [1.54, 1.807) is 18.2 Å². The summed E-state index contributed by atoms with van der Waals surface area (Å²) in [6.07, 6.45) is 2.29. The third-order valence-electron chi connectivity index (χ3n) is 3.28. The Morgan fingerprint density at radius 3 is 3.00 bits per heavy atom. The van der Waals surface area contributed by atoms with Crippen molar-refractivity contribution in [3.63, 3.8) is 0 Å². The van der Waals surface area contributed by atoms with Crippen LogP contribution < -0.4 is 4.74 Å². The largest absolute Gasteiger partial charge is 0.492 e. The fourth-order valence-corrected chi connectivity index (χ4v) is 3.39. The van der Waals surface area contributed by atoms with E-state index >= 15 is 0 Å². The number of carbonyl (C=O) groups is 1. The summed E-state index contributed by atoms with van der Waals surface area (Å²) in [5.41, 5.74) is 0. The second-order valence-electron chi connectivity index (χ2n) is 4.85. The molecule has 1 aromatic carbocycles. The zero-order chi connectivity index (χ0) is 15.1. The molecule has 21 heavy (non-hydrogen) atoms. The lowest BCUT2D eigenvalue weighted by atomic mass is 10.2. The smallest absolute Gasteiger partial charge is 0.222 e. The summed E-state index contributed by atoms with van der Waals surface area (Å²) in [6.45, 7) is 2.21. The average molecular weight is 348 g/mol. The molecule has 6 heteroatoms. The molecule has 0 spiro atoms. The highest BCUT2D eigenvalue weighted by Crippen LogP contribution is 2.31. The zero-order valence-electron chi connectivity index (χ0n) is 11.8. The van der Waals surface area contributed by atoms with E-state index in [4.69, 9.17) is 27.9 Å². The molecule has 2 rings (SSSR count). The van der Waals surface area contributed by atoms with E-state index in [9.17, 15) is 4.79 Å². The van der Waals surface area contributed by atoms with E-state index in [-0.39, 0.29) is 5.91 Å². The van der Waals surface area contributed by atoms with Crippen LogP contribution in [0.2, 0.25) is 10.0 Å². The Labute approximate surface area is 139 Å². The van der Waals surface area contributed by atoms with Gasteiger partial charge in [0.15, 0.2) is 0 Å². The van der Waals surface area contributed by atoms with E-state index in [1.165, 1.54) is 0 Å². The van der Waals surface area contributed by atoms with Crippen molar-refractivity contribution in [2.75, 3.05) is 31.2 Å². The van der Waals surface area contributed by atoms with Gasteiger partial charge >= 0.3 is 0 Å². The number of hydrogen-bond donors (Lipinski definition) is 0. The van der Waals surface area contributed by atoms with Crippen LogP contribution in [0.15, 0.2) is 18.2 Å². The van der Waals surface area contributed by atoms with Gasteiger partial charge in [0.25, 0.3) is 0 Å².